The molecule has 5 heteroatoms. The highest BCUT2D eigenvalue weighted by Crippen LogP contribution is 2.21. The van der Waals surface area contributed by atoms with Crippen molar-refractivity contribution in [3.63, 3.8) is 0 Å². The zero-order valence-corrected chi connectivity index (χ0v) is 7.41. The molecule has 1 aromatic carbocycles. The zero-order chi connectivity index (χ0) is 10.7. The minimum Gasteiger partial charge on any atom is -0.496 e. The van der Waals surface area contributed by atoms with Gasteiger partial charge in [0.05, 0.1) is 12.7 Å². The first-order valence-corrected chi connectivity index (χ1v) is 3.72. The van der Waals surface area contributed by atoms with E-state index in [-0.39, 0.29) is 16.9 Å². The topological polar surface area (TPSA) is 69.4 Å². The summed E-state index contributed by atoms with van der Waals surface area (Å²) < 4.78 is 17.9. The molecule has 0 atom stereocenters. The van der Waals surface area contributed by atoms with Gasteiger partial charge in [0.25, 0.3) is 0 Å². The molecule has 0 heterocycles. The number of carbonyl (C=O) groups is 2. The number of halogens is 1. The number of hydrogen-bond donors (Lipinski definition) is 1. The summed E-state index contributed by atoms with van der Waals surface area (Å²) in [6, 6.07) is 2.11. The zero-order valence-electron chi connectivity index (χ0n) is 7.41. The smallest absolute Gasteiger partial charge is 0.248 e. The van der Waals surface area contributed by atoms with Crippen molar-refractivity contribution in [3.05, 3.63) is 29.1 Å². The van der Waals surface area contributed by atoms with E-state index in [1.165, 1.54) is 13.2 Å². The van der Waals surface area contributed by atoms with E-state index in [9.17, 15) is 14.0 Å². The van der Waals surface area contributed by atoms with Gasteiger partial charge in [0.15, 0.2) is 6.29 Å². The van der Waals surface area contributed by atoms with Gasteiger partial charge >= 0.3 is 0 Å². The molecule has 4 nitrogen and oxygen atoms in total. The first kappa shape index (κ1) is 10.2. The number of methoxy groups -OCH3 is 1. The van der Waals surface area contributed by atoms with E-state index in [1.54, 1.807) is 0 Å². The average molecular weight is 197 g/mol. The Morgan fingerprint density at radius 2 is 2.21 bits per heavy atom. The highest BCUT2D eigenvalue weighted by atomic mass is 19.1. The van der Waals surface area contributed by atoms with Crippen LogP contribution in [0.1, 0.15) is 20.7 Å². The number of amides is 1. The predicted molar refractivity (Wildman–Crippen MR) is 46.9 cm³/mol. The van der Waals surface area contributed by atoms with Gasteiger partial charge in [-0.05, 0) is 12.1 Å². The number of carbonyl (C=O) groups excluding carboxylic acids is 2. The lowest BCUT2D eigenvalue weighted by Gasteiger charge is -2.05. The van der Waals surface area contributed by atoms with Crippen LogP contribution in [0.2, 0.25) is 0 Å². The Morgan fingerprint density at radius 3 is 2.64 bits per heavy atom. The second-order valence-corrected chi connectivity index (χ2v) is 2.56. The van der Waals surface area contributed by atoms with Crippen molar-refractivity contribution in [3.8, 4) is 5.75 Å². The summed E-state index contributed by atoms with van der Waals surface area (Å²) >= 11 is 0. The number of ether oxygens (including phenoxy) is 1. The lowest BCUT2D eigenvalue weighted by atomic mass is 10.1. The van der Waals surface area contributed by atoms with E-state index in [4.69, 9.17) is 10.5 Å². The van der Waals surface area contributed by atoms with Gasteiger partial charge in [0.2, 0.25) is 5.91 Å². The summed E-state index contributed by atoms with van der Waals surface area (Å²) in [7, 11) is 1.27. The van der Waals surface area contributed by atoms with Gasteiger partial charge < -0.3 is 10.5 Å². The Kier molecular flexibility index (Phi) is 2.81. The Balaban J connectivity index is 3.38. The second kappa shape index (κ2) is 3.87. The molecule has 2 N–H and O–H groups in total. The Hall–Kier alpha value is -1.91. The van der Waals surface area contributed by atoms with E-state index in [0.717, 1.165) is 6.07 Å². The summed E-state index contributed by atoms with van der Waals surface area (Å²) in [5.74, 6) is -1.61. The fourth-order valence-electron chi connectivity index (χ4n) is 1.02. The number of rotatable bonds is 3. The lowest BCUT2D eigenvalue weighted by Crippen LogP contribution is -2.12. The van der Waals surface area contributed by atoms with Gasteiger partial charge in [-0.25, -0.2) is 4.39 Å². The van der Waals surface area contributed by atoms with Gasteiger partial charge in [-0.3, -0.25) is 9.59 Å². The maximum absolute atomic E-state index is 13.1. The third-order valence-electron chi connectivity index (χ3n) is 1.71. The van der Waals surface area contributed by atoms with E-state index in [0.29, 0.717) is 6.29 Å². The average Bonchev–Trinajstić information content (AvgIpc) is 2.16. The third kappa shape index (κ3) is 1.71. The van der Waals surface area contributed by atoms with Gasteiger partial charge in [0.1, 0.15) is 11.6 Å². The third-order valence-corrected chi connectivity index (χ3v) is 1.71. The number of primary amides is 1. The van der Waals surface area contributed by atoms with Crippen LogP contribution in [-0.4, -0.2) is 19.3 Å². The molecule has 1 amide bonds. The summed E-state index contributed by atoms with van der Waals surface area (Å²) in [5, 5.41) is 0. The first-order chi connectivity index (χ1) is 6.60. The van der Waals surface area contributed by atoms with Crippen molar-refractivity contribution in [2.45, 2.75) is 0 Å². The van der Waals surface area contributed by atoms with E-state index in [2.05, 4.69) is 0 Å². The van der Waals surface area contributed by atoms with Crippen molar-refractivity contribution in [1.82, 2.24) is 0 Å². The molecule has 74 valence electrons. The van der Waals surface area contributed by atoms with Crippen molar-refractivity contribution in [2.24, 2.45) is 5.73 Å². The van der Waals surface area contributed by atoms with Crippen LogP contribution < -0.4 is 10.5 Å². The van der Waals surface area contributed by atoms with Crippen molar-refractivity contribution in [1.29, 1.82) is 0 Å². The molecule has 0 saturated carbocycles. The molecule has 0 saturated heterocycles. The Morgan fingerprint density at radius 1 is 1.57 bits per heavy atom. The van der Waals surface area contributed by atoms with Gasteiger partial charge in [-0.2, -0.15) is 0 Å². The standard InChI is InChI=1S/C9H8FNO3/c1-14-8-3-5(9(11)13)2-7(10)6(8)4-12/h2-4H,1H3,(H2,11,13). The van der Waals surface area contributed by atoms with Crippen LogP contribution in [0.4, 0.5) is 4.39 Å². The fraction of sp³-hybridized carbons (Fsp3) is 0.111. The minimum atomic E-state index is -0.826. The first-order valence-electron chi connectivity index (χ1n) is 3.72. The summed E-state index contributed by atoms with van der Waals surface area (Å²) in [5.41, 5.74) is 4.69. The molecule has 0 aliphatic heterocycles. The molecule has 0 bridgehead atoms. The highest BCUT2D eigenvalue weighted by molar-refractivity contribution is 5.94. The van der Waals surface area contributed by atoms with Crippen LogP contribution >= 0.6 is 0 Å². The van der Waals surface area contributed by atoms with E-state index < -0.39 is 11.7 Å². The van der Waals surface area contributed by atoms with Gasteiger partial charge in [-0.15, -0.1) is 0 Å². The quantitative estimate of drug-likeness (QED) is 0.726. The monoisotopic (exact) mass is 197 g/mol. The number of aldehydes is 1. The molecule has 0 aliphatic carbocycles. The maximum atomic E-state index is 13.1. The predicted octanol–water partition coefficient (Wildman–Crippen LogP) is 0.746. The minimum absolute atomic E-state index is 0.00574. The maximum Gasteiger partial charge on any atom is 0.248 e. The summed E-state index contributed by atoms with van der Waals surface area (Å²) in [6.45, 7) is 0. The molecule has 0 aliphatic rings. The number of nitrogens with two attached hydrogens (primary N) is 1. The van der Waals surface area contributed by atoms with E-state index in [1.807, 2.05) is 0 Å². The summed E-state index contributed by atoms with van der Waals surface area (Å²) in [4.78, 5) is 21.2. The molecule has 0 fully saturated rings. The summed E-state index contributed by atoms with van der Waals surface area (Å²) in [6.07, 6.45) is 0.318. The van der Waals surface area contributed by atoms with Crippen LogP contribution in [0.15, 0.2) is 12.1 Å². The SMILES string of the molecule is COc1cc(C(N)=O)cc(F)c1C=O. The number of benzene rings is 1. The molecule has 0 aromatic heterocycles. The molecule has 1 rings (SSSR count). The molecule has 14 heavy (non-hydrogen) atoms. The normalized spacial score (nSPS) is 9.57. The molecular formula is C9H8FNO3. The lowest BCUT2D eigenvalue weighted by molar-refractivity contribution is 0.0998. The molecular weight excluding hydrogens is 189 g/mol. The van der Waals surface area contributed by atoms with Gasteiger partial charge in [-0.1, -0.05) is 0 Å². The highest BCUT2D eigenvalue weighted by Gasteiger charge is 2.13. The molecule has 1 aromatic rings. The molecule has 0 spiro atoms. The van der Waals surface area contributed by atoms with E-state index >= 15 is 0 Å². The largest absolute Gasteiger partial charge is 0.496 e. The van der Waals surface area contributed by atoms with Crippen LogP contribution in [0, 0.1) is 5.82 Å². The fourth-order valence-corrected chi connectivity index (χ4v) is 1.02. The molecule has 0 unspecified atom stereocenters. The Bertz CT molecular complexity index is 390. The van der Waals surface area contributed by atoms with Crippen LogP contribution in [0.25, 0.3) is 0 Å². The Labute approximate surface area is 79.5 Å². The molecule has 0 radical (unpaired) electrons. The van der Waals surface area contributed by atoms with Crippen LogP contribution in [0.3, 0.4) is 0 Å². The van der Waals surface area contributed by atoms with Crippen molar-refractivity contribution >= 4 is 12.2 Å². The number of hydrogen-bond acceptors (Lipinski definition) is 3. The van der Waals surface area contributed by atoms with Crippen LogP contribution in [-0.2, 0) is 0 Å². The van der Waals surface area contributed by atoms with Crippen molar-refractivity contribution in [2.75, 3.05) is 7.11 Å². The van der Waals surface area contributed by atoms with Crippen LogP contribution in [0.5, 0.6) is 5.75 Å². The second-order valence-electron chi connectivity index (χ2n) is 2.56. The van der Waals surface area contributed by atoms with Crippen molar-refractivity contribution < 1.29 is 18.7 Å². The van der Waals surface area contributed by atoms with Gasteiger partial charge in [0, 0.05) is 5.56 Å².